The number of anilines is 1. The van der Waals surface area contributed by atoms with E-state index in [1.54, 1.807) is 36.4 Å². The van der Waals surface area contributed by atoms with Crippen molar-refractivity contribution in [2.24, 2.45) is 0 Å². The third-order valence-electron chi connectivity index (χ3n) is 2.58. The molecule has 0 fully saturated rings. The Kier molecular flexibility index (Phi) is 4.88. The van der Waals surface area contributed by atoms with E-state index in [4.69, 9.17) is 27.9 Å². The van der Waals surface area contributed by atoms with Crippen LogP contribution in [0.5, 0.6) is 5.75 Å². The van der Waals surface area contributed by atoms with Crippen LogP contribution in [0.2, 0.25) is 10.0 Å². The van der Waals surface area contributed by atoms with Gasteiger partial charge in [0.15, 0.2) is 5.75 Å². The van der Waals surface area contributed by atoms with Gasteiger partial charge in [0.1, 0.15) is 0 Å². The summed E-state index contributed by atoms with van der Waals surface area (Å²) in [4.78, 5) is 12.0. The van der Waals surface area contributed by atoms with Crippen molar-refractivity contribution in [1.82, 2.24) is 0 Å². The second-order valence-electron chi connectivity index (χ2n) is 4.02. The molecule has 0 spiro atoms. The van der Waals surface area contributed by atoms with Gasteiger partial charge in [-0.15, -0.1) is 0 Å². The van der Waals surface area contributed by atoms with Gasteiger partial charge in [-0.1, -0.05) is 41.4 Å². The van der Waals surface area contributed by atoms with Gasteiger partial charge in [-0.2, -0.15) is 0 Å². The molecule has 0 aliphatic heterocycles. The predicted octanol–water partition coefficient (Wildman–Crippen LogP) is 4.64. The van der Waals surface area contributed by atoms with Crippen LogP contribution in [0.25, 0.3) is 0 Å². The van der Waals surface area contributed by atoms with Gasteiger partial charge in [-0.05, 0) is 31.2 Å². The SMILES string of the molecule is CCOc1c(Cl)cc(NC(=O)c2ccccc2)cc1Cl. The van der Waals surface area contributed by atoms with Crippen LogP contribution in [-0.4, -0.2) is 12.5 Å². The van der Waals surface area contributed by atoms with Gasteiger partial charge in [-0.25, -0.2) is 0 Å². The van der Waals surface area contributed by atoms with E-state index in [0.717, 1.165) is 0 Å². The zero-order valence-corrected chi connectivity index (χ0v) is 12.3. The van der Waals surface area contributed by atoms with E-state index in [-0.39, 0.29) is 5.91 Å². The summed E-state index contributed by atoms with van der Waals surface area (Å²) in [5.74, 6) is 0.204. The van der Waals surface area contributed by atoms with E-state index in [0.29, 0.717) is 33.7 Å². The van der Waals surface area contributed by atoms with Crippen molar-refractivity contribution in [1.29, 1.82) is 0 Å². The molecule has 2 aromatic rings. The molecular weight excluding hydrogens is 297 g/mol. The highest BCUT2D eigenvalue weighted by Crippen LogP contribution is 2.36. The Hall–Kier alpha value is -1.71. The Balaban J connectivity index is 2.20. The highest BCUT2D eigenvalue weighted by Gasteiger charge is 2.11. The van der Waals surface area contributed by atoms with Crippen molar-refractivity contribution in [3.05, 3.63) is 58.1 Å². The number of carbonyl (C=O) groups excluding carboxylic acids is 1. The molecule has 2 rings (SSSR count). The summed E-state index contributed by atoms with van der Waals surface area (Å²) in [5, 5.41) is 3.47. The van der Waals surface area contributed by atoms with Crippen LogP contribution in [-0.2, 0) is 0 Å². The maximum atomic E-state index is 12.0. The standard InChI is InChI=1S/C15H13Cl2NO2/c1-2-20-14-12(16)8-11(9-13(14)17)18-15(19)10-6-4-3-5-7-10/h3-9H,2H2,1H3,(H,18,19). The highest BCUT2D eigenvalue weighted by atomic mass is 35.5. The summed E-state index contributed by atoms with van der Waals surface area (Å²) in [6.45, 7) is 2.31. The van der Waals surface area contributed by atoms with Gasteiger partial charge in [-0.3, -0.25) is 4.79 Å². The van der Waals surface area contributed by atoms with E-state index >= 15 is 0 Å². The third kappa shape index (κ3) is 3.44. The van der Waals surface area contributed by atoms with Crippen molar-refractivity contribution >= 4 is 34.8 Å². The molecule has 0 saturated carbocycles. The van der Waals surface area contributed by atoms with Gasteiger partial charge < -0.3 is 10.1 Å². The molecule has 0 radical (unpaired) electrons. The van der Waals surface area contributed by atoms with E-state index < -0.39 is 0 Å². The molecule has 0 heterocycles. The lowest BCUT2D eigenvalue weighted by molar-refractivity contribution is 0.102. The van der Waals surface area contributed by atoms with E-state index in [1.807, 2.05) is 13.0 Å². The lowest BCUT2D eigenvalue weighted by atomic mass is 10.2. The fraction of sp³-hybridized carbons (Fsp3) is 0.133. The van der Waals surface area contributed by atoms with Gasteiger partial charge in [0.05, 0.1) is 16.7 Å². The van der Waals surface area contributed by atoms with Crippen molar-refractivity contribution in [2.75, 3.05) is 11.9 Å². The zero-order chi connectivity index (χ0) is 14.5. The second-order valence-corrected chi connectivity index (χ2v) is 4.84. The molecule has 0 aliphatic carbocycles. The molecular formula is C15H13Cl2NO2. The van der Waals surface area contributed by atoms with Crippen LogP contribution in [0, 0.1) is 0 Å². The van der Waals surface area contributed by atoms with Crippen molar-refractivity contribution in [3.8, 4) is 5.75 Å². The molecule has 104 valence electrons. The summed E-state index contributed by atoms with van der Waals surface area (Å²) in [7, 11) is 0. The second kappa shape index (κ2) is 6.64. The molecule has 0 saturated heterocycles. The molecule has 2 aromatic carbocycles. The third-order valence-corrected chi connectivity index (χ3v) is 3.14. The molecule has 0 atom stereocenters. The molecule has 1 amide bonds. The van der Waals surface area contributed by atoms with Crippen molar-refractivity contribution < 1.29 is 9.53 Å². The fourth-order valence-electron chi connectivity index (χ4n) is 1.71. The van der Waals surface area contributed by atoms with Gasteiger partial charge in [0.25, 0.3) is 5.91 Å². The number of amides is 1. The van der Waals surface area contributed by atoms with Crippen LogP contribution >= 0.6 is 23.2 Å². The minimum atomic E-state index is -0.220. The summed E-state index contributed by atoms with van der Waals surface area (Å²) in [6.07, 6.45) is 0. The van der Waals surface area contributed by atoms with Gasteiger partial charge in [0.2, 0.25) is 0 Å². The smallest absolute Gasteiger partial charge is 0.255 e. The van der Waals surface area contributed by atoms with Crippen LogP contribution in [0.3, 0.4) is 0 Å². The average Bonchev–Trinajstić information content (AvgIpc) is 2.44. The maximum Gasteiger partial charge on any atom is 0.255 e. The summed E-state index contributed by atoms with van der Waals surface area (Å²) in [5.41, 5.74) is 1.09. The predicted molar refractivity (Wildman–Crippen MR) is 82.0 cm³/mol. The van der Waals surface area contributed by atoms with Gasteiger partial charge >= 0.3 is 0 Å². The largest absolute Gasteiger partial charge is 0.491 e. The van der Waals surface area contributed by atoms with Crippen LogP contribution in [0.1, 0.15) is 17.3 Å². The monoisotopic (exact) mass is 309 g/mol. The lowest BCUT2D eigenvalue weighted by Gasteiger charge is -2.11. The minimum Gasteiger partial charge on any atom is -0.491 e. The zero-order valence-electron chi connectivity index (χ0n) is 10.8. The summed E-state index contributed by atoms with van der Waals surface area (Å²) in [6, 6.07) is 12.1. The van der Waals surface area contributed by atoms with Crippen LogP contribution < -0.4 is 10.1 Å². The first-order valence-electron chi connectivity index (χ1n) is 6.10. The normalized spacial score (nSPS) is 10.2. The van der Waals surface area contributed by atoms with E-state index in [2.05, 4.69) is 5.32 Å². The van der Waals surface area contributed by atoms with Gasteiger partial charge in [0, 0.05) is 11.3 Å². The summed E-state index contributed by atoms with van der Waals surface area (Å²) >= 11 is 12.2. The Morgan fingerprint density at radius 1 is 1.15 bits per heavy atom. The molecule has 3 nitrogen and oxygen atoms in total. The van der Waals surface area contributed by atoms with Crippen molar-refractivity contribution in [2.45, 2.75) is 6.92 Å². The number of rotatable bonds is 4. The number of carbonyl (C=O) groups is 1. The quantitative estimate of drug-likeness (QED) is 0.893. The van der Waals surface area contributed by atoms with E-state index in [1.165, 1.54) is 0 Å². The molecule has 1 N–H and O–H groups in total. The number of nitrogens with one attached hydrogen (secondary N) is 1. The Morgan fingerprint density at radius 2 is 1.75 bits per heavy atom. The van der Waals surface area contributed by atoms with Crippen LogP contribution in [0.15, 0.2) is 42.5 Å². The van der Waals surface area contributed by atoms with E-state index in [9.17, 15) is 4.79 Å². The number of hydrogen-bond donors (Lipinski definition) is 1. The molecule has 20 heavy (non-hydrogen) atoms. The molecule has 0 unspecified atom stereocenters. The molecule has 0 bridgehead atoms. The molecule has 5 heteroatoms. The number of hydrogen-bond acceptors (Lipinski definition) is 2. The number of benzene rings is 2. The highest BCUT2D eigenvalue weighted by molar-refractivity contribution is 6.37. The number of ether oxygens (including phenoxy) is 1. The molecule has 0 aliphatic rings. The number of halogens is 2. The maximum absolute atomic E-state index is 12.0. The average molecular weight is 310 g/mol. The van der Waals surface area contributed by atoms with Crippen LogP contribution in [0.4, 0.5) is 5.69 Å². The lowest BCUT2D eigenvalue weighted by Crippen LogP contribution is -2.11. The molecule has 0 aromatic heterocycles. The first-order chi connectivity index (χ1) is 9.61. The first-order valence-corrected chi connectivity index (χ1v) is 6.85. The first kappa shape index (κ1) is 14.7. The topological polar surface area (TPSA) is 38.3 Å². The Labute approximate surface area is 127 Å². The summed E-state index contributed by atoms with van der Waals surface area (Å²) < 4.78 is 5.34. The fourth-order valence-corrected chi connectivity index (χ4v) is 2.30. The minimum absolute atomic E-state index is 0.220. The Bertz CT molecular complexity index is 592. The Morgan fingerprint density at radius 3 is 2.30 bits per heavy atom. The van der Waals surface area contributed by atoms with Crippen molar-refractivity contribution in [3.63, 3.8) is 0 Å².